The maximum Gasteiger partial charge on any atom is 0.410 e. The molecule has 0 aromatic rings. The molecule has 0 radical (unpaired) electrons. The molecule has 5 nitrogen and oxygen atoms in total. The Morgan fingerprint density at radius 1 is 1.26 bits per heavy atom. The number of hydrogen-bond donors (Lipinski definition) is 1. The predicted molar refractivity (Wildman–Crippen MR) is 69.9 cm³/mol. The van der Waals surface area contributed by atoms with Crippen molar-refractivity contribution >= 4 is 12.1 Å². The third kappa shape index (κ3) is 2.55. The molecule has 2 fully saturated rings. The van der Waals surface area contributed by atoms with Gasteiger partial charge in [0.1, 0.15) is 5.60 Å². The Labute approximate surface area is 113 Å². The molecule has 19 heavy (non-hydrogen) atoms. The fourth-order valence-electron chi connectivity index (χ4n) is 3.42. The van der Waals surface area contributed by atoms with Crippen LogP contribution in [0.1, 0.15) is 52.9 Å². The molecule has 0 bridgehead atoms. The van der Waals surface area contributed by atoms with Crippen molar-refractivity contribution < 1.29 is 19.4 Å². The number of rotatable bonds is 1. The highest BCUT2D eigenvalue weighted by atomic mass is 16.6. The Bertz CT molecular complexity index is 387. The summed E-state index contributed by atoms with van der Waals surface area (Å²) >= 11 is 0. The Balaban J connectivity index is 2.18. The van der Waals surface area contributed by atoms with Crippen molar-refractivity contribution in [2.75, 3.05) is 6.54 Å². The molecule has 2 aliphatic rings. The molecular formula is C14H23NO4. The van der Waals surface area contributed by atoms with Crippen molar-refractivity contribution in [3.05, 3.63) is 0 Å². The van der Waals surface area contributed by atoms with E-state index in [1.54, 1.807) is 4.90 Å². The van der Waals surface area contributed by atoms with Crippen LogP contribution in [-0.4, -0.2) is 40.3 Å². The van der Waals surface area contributed by atoms with Crippen LogP contribution in [-0.2, 0) is 9.53 Å². The molecule has 1 heterocycles. The van der Waals surface area contributed by atoms with Gasteiger partial charge in [-0.25, -0.2) is 4.79 Å². The highest BCUT2D eigenvalue weighted by molar-refractivity contribution is 5.78. The van der Waals surface area contributed by atoms with Crippen LogP contribution in [0.5, 0.6) is 0 Å². The molecule has 1 saturated heterocycles. The number of carbonyl (C=O) groups is 2. The quantitative estimate of drug-likeness (QED) is 0.794. The second-order valence-electron chi connectivity index (χ2n) is 6.65. The number of carbonyl (C=O) groups excluding carboxylic acids is 1. The lowest BCUT2D eigenvalue weighted by atomic mass is 9.75. The number of amides is 1. The highest BCUT2D eigenvalue weighted by Crippen LogP contribution is 2.48. The topological polar surface area (TPSA) is 66.8 Å². The molecular weight excluding hydrogens is 246 g/mol. The fourth-order valence-corrected chi connectivity index (χ4v) is 3.42. The van der Waals surface area contributed by atoms with E-state index in [1.807, 2.05) is 20.8 Å². The average Bonchev–Trinajstić information content (AvgIpc) is 2.70. The van der Waals surface area contributed by atoms with Crippen LogP contribution in [0.15, 0.2) is 0 Å². The molecule has 1 aliphatic carbocycles. The second-order valence-corrected chi connectivity index (χ2v) is 6.65. The van der Waals surface area contributed by atoms with Crippen LogP contribution >= 0.6 is 0 Å². The number of nitrogens with zero attached hydrogens (tertiary/aromatic N) is 1. The normalized spacial score (nSPS) is 30.9. The van der Waals surface area contributed by atoms with Gasteiger partial charge in [0, 0.05) is 6.54 Å². The largest absolute Gasteiger partial charge is 0.481 e. The predicted octanol–water partition coefficient (Wildman–Crippen LogP) is 2.64. The van der Waals surface area contributed by atoms with Crippen LogP contribution in [0.3, 0.4) is 0 Å². The van der Waals surface area contributed by atoms with Crippen LogP contribution < -0.4 is 0 Å². The van der Waals surface area contributed by atoms with Gasteiger partial charge in [-0.1, -0.05) is 6.42 Å². The Morgan fingerprint density at radius 2 is 1.89 bits per heavy atom. The molecule has 0 aromatic carbocycles. The number of ether oxygens (including phenoxy) is 1. The minimum atomic E-state index is -0.761. The van der Waals surface area contributed by atoms with Crippen molar-refractivity contribution in [3.8, 4) is 0 Å². The molecule has 2 atom stereocenters. The SMILES string of the molecule is CC(C)(C)OC(=O)N1CCC[C@]2(C(=O)O)CCC[C@H]12. The van der Waals surface area contributed by atoms with Gasteiger partial charge in [0.25, 0.3) is 0 Å². The van der Waals surface area contributed by atoms with E-state index in [0.717, 1.165) is 19.3 Å². The van der Waals surface area contributed by atoms with E-state index in [1.165, 1.54) is 0 Å². The monoisotopic (exact) mass is 269 g/mol. The lowest BCUT2D eigenvalue weighted by molar-refractivity contribution is -0.154. The zero-order chi connectivity index (χ0) is 14.3. The van der Waals surface area contributed by atoms with Crippen LogP contribution in [0, 0.1) is 5.41 Å². The van der Waals surface area contributed by atoms with Gasteiger partial charge in [0.2, 0.25) is 0 Å². The van der Waals surface area contributed by atoms with Gasteiger partial charge in [-0.15, -0.1) is 0 Å². The Morgan fingerprint density at radius 3 is 2.47 bits per heavy atom. The number of likely N-dealkylation sites (tertiary alicyclic amines) is 1. The smallest absolute Gasteiger partial charge is 0.410 e. The van der Waals surface area contributed by atoms with Gasteiger partial charge in [0.05, 0.1) is 11.5 Å². The summed E-state index contributed by atoms with van der Waals surface area (Å²) in [5.74, 6) is -0.761. The highest BCUT2D eigenvalue weighted by Gasteiger charge is 2.54. The van der Waals surface area contributed by atoms with Crippen LogP contribution in [0.2, 0.25) is 0 Å². The summed E-state index contributed by atoms with van der Waals surface area (Å²) in [7, 11) is 0. The maximum atomic E-state index is 12.2. The van der Waals surface area contributed by atoms with Crippen LogP contribution in [0.4, 0.5) is 4.79 Å². The van der Waals surface area contributed by atoms with Gasteiger partial charge in [-0.3, -0.25) is 4.79 Å². The number of hydrogen-bond acceptors (Lipinski definition) is 3. The number of piperidine rings is 1. The summed E-state index contributed by atoms with van der Waals surface area (Å²) in [6, 6.07) is -0.200. The number of carboxylic acid groups (broad SMARTS) is 1. The van der Waals surface area contributed by atoms with Crippen molar-refractivity contribution in [2.24, 2.45) is 5.41 Å². The first-order valence-corrected chi connectivity index (χ1v) is 6.99. The molecule has 0 unspecified atom stereocenters. The fraction of sp³-hybridized carbons (Fsp3) is 0.857. The molecule has 1 amide bonds. The third-order valence-corrected chi connectivity index (χ3v) is 4.19. The molecule has 1 saturated carbocycles. The van der Waals surface area contributed by atoms with E-state index < -0.39 is 17.0 Å². The first-order chi connectivity index (χ1) is 8.76. The van der Waals surface area contributed by atoms with E-state index in [4.69, 9.17) is 4.74 Å². The third-order valence-electron chi connectivity index (χ3n) is 4.19. The van der Waals surface area contributed by atoms with Gasteiger partial charge in [-0.2, -0.15) is 0 Å². The summed E-state index contributed by atoms with van der Waals surface area (Å²) in [6.45, 7) is 6.09. The summed E-state index contributed by atoms with van der Waals surface area (Å²) < 4.78 is 5.40. The van der Waals surface area contributed by atoms with Crippen molar-refractivity contribution in [1.29, 1.82) is 0 Å². The summed E-state index contributed by atoms with van der Waals surface area (Å²) in [6.07, 6.45) is 3.35. The zero-order valence-corrected chi connectivity index (χ0v) is 11.9. The molecule has 1 aliphatic heterocycles. The van der Waals surface area contributed by atoms with Crippen molar-refractivity contribution in [2.45, 2.75) is 64.5 Å². The lowest BCUT2D eigenvalue weighted by Crippen LogP contribution is -2.55. The molecule has 5 heteroatoms. The van der Waals surface area contributed by atoms with E-state index in [-0.39, 0.29) is 12.1 Å². The van der Waals surface area contributed by atoms with Gasteiger partial charge >= 0.3 is 12.1 Å². The van der Waals surface area contributed by atoms with E-state index >= 15 is 0 Å². The first kappa shape index (κ1) is 14.2. The summed E-state index contributed by atoms with van der Waals surface area (Å²) in [5.41, 5.74) is -1.28. The molecule has 0 aromatic heterocycles. The van der Waals surface area contributed by atoms with Crippen molar-refractivity contribution in [3.63, 3.8) is 0 Å². The van der Waals surface area contributed by atoms with Crippen LogP contribution in [0.25, 0.3) is 0 Å². The minimum Gasteiger partial charge on any atom is -0.481 e. The maximum absolute atomic E-state index is 12.2. The molecule has 0 spiro atoms. The standard InChI is InChI=1S/C14H23NO4/c1-13(2,3)19-12(18)15-9-5-8-14(11(16)17)7-4-6-10(14)15/h10H,4-9H2,1-3H3,(H,16,17)/t10-,14+/m0/s1. The molecule has 2 rings (SSSR count). The van der Waals surface area contributed by atoms with Gasteiger partial charge in [-0.05, 0) is 46.5 Å². The summed E-state index contributed by atoms with van der Waals surface area (Å²) in [5, 5.41) is 9.55. The minimum absolute atomic E-state index is 0.200. The van der Waals surface area contributed by atoms with E-state index in [2.05, 4.69) is 0 Å². The molecule has 108 valence electrons. The second kappa shape index (κ2) is 4.69. The summed E-state index contributed by atoms with van der Waals surface area (Å²) in [4.78, 5) is 25.5. The molecule has 1 N–H and O–H groups in total. The first-order valence-electron chi connectivity index (χ1n) is 6.99. The van der Waals surface area contributed by atoms with E-state index in [9.17, 15) is 14.7 Å². The Kier molecular flexibility index (Phi) is 3.49. The zero-order valence-electron chi connectivity index (χ0n) is 11.9. The van der Waals surface area contributed by atoms with E-state index in [0.29, 0.717) is 19.4 Å². The van der Waals surface area contributed by atoms with Gasteiger partial charge in [0.15, 0.2) is 0 Å². The number of fused-ring (bicyclic) bond motifs is 1. The number of aliphatic carboxylic acids is 1. The van der Waals surface area contributed by atoms with Gasteiger partial charge < -0.3 is 14.7 Å². The number of carboxylic acids is 1. The lowest BCUT2D eigenvalue weighted by Gasteiger charge is -2.43. The Hall–Kier alpha value is -1.26. The average molecular weight is 269 g/mol. The van der Waals surface area contributed by atoms with Crippen molar-refractivity contribution in [1.82, 2.24) is 4.90 Å².